The molecule has 0 amide bonds. The molecule has 0 bridgehead atoms. The topological polar surface area (TPSA) is 98.5 Å². The van der Waals surface area contributed by atoms with Crippen LogP contribution >= 0.6 is 0 Å². The van der Waals surface area contributed by atoms with E-state index >= 15 is 0 Å². The molecule has 3 rings (SSSR count). The van der Waals surface area contributed by atoms with Crippen LogP contribution in [0.4, 0.5) is 0 Å². The summed E-state index contributed by atoms with van der Waals surface area (Å²) in [5, 5.41) is 9.52. The highest BCUT2D eigenvalue weighted by atomic mass is 16.5. The second-order valence-electron chi connectivity index (χ2n) is 5.73. The molecule has 0 spiro atoms. The van der Waals surface area contributed by atoms with Crippen molar-refractivity contribution in [2.24, 2.45) is 5.73 Å². The Morgan fingerprint density at radius 1 is 1.32 bits per heavy atom. The third-order valence-corrected chi connectivity index (χ3v) is 4.13. The first-order chi connectivity index (χ1) is 12.1. The summed E-state index contributed by atoms with van der Waals surface area (Å²) in [4.78, 5) is 12.6. The summed E-state index contributed by atoms with van der Waals surface area (Å²) >= 11 is 0. The van der Waals surface area contributed by atoms with Gasteiger partial charge in [0.1, 0.15) is 28.9 Å². The summed E-state index contributed by atoms with van der Waals surface area (Å²) in [6.45, 7) is 1.99. The molecule has 0 radical (unpaired) electrons. The lowest BCUT2D eigenvalue weighted by atomic mass is 9.84. The van der Waals surface area contributed by atoms with Gasteiger partial charge < -0.3 is 19.6 Å². The molecule has 1 aliphatic rings. The van der Waals surface area contributed by atoms with Crippen molar-refractivity contribution in [2.75, 3.05) is 7.11 Å². The highest BCUT2D eigenvalue weighted by Crippen LogP contribution is 2.40. The fourth-order valence-electron chi connectivity index (χ4n) is 2.95. The first kappa shape index (κ1) is 16.7. The molecule has 2 aromatic rings. The van der Waals surface area contributed by atoms with Gasteiger partial charge in [-0.15, -0.1) is 0 Å². The average Bonchev–Trinajstić information content (AvgIpc) is 2.61. The molecule has 6 nitrogen and oxygen atoms in total. The smallest absolute Gasteiger partial charge is 0.343 e. The van der Waals surface area contributed by atoms with E-state index in [-0.39, 0.29) is 17.0 Å². The molecule has 0 saturated carbocycles. The maximum Gasteiger partial charge on any atom is 0.343 e. The number of aryl methyl sites for hydroxylation is 1. The van der Waals surface area contributed by atoms with E-state index in [1.165, 1.54) is 0 Å². The number of fused-ring (bicyclic) bond motifs is 1. The molecule has 0 aliphatic carbocycles. The van der Waals surface area contributed by atoms with Gasteiger partial charge in [0.15, 0.2) is 0 Å². The van der Waals surface area contributed by atoms with Crippen LogP contribution in [0.3, 0.4) is 0 Å². The van der Waals surface area contributed by atoms with Gasteiger partial charge in [0.2, 0.25) is 5.88 Å². The number of hydrogen-bond acceptors (Lipinski definition) is 6. The lowest BCUT2D eigenvalue weighted by Crippen LogP contribution is -2.26. The Kier molecular flexibility index (Phi) is 4.48. The molecular weight excluding hydrogens is 320 g/mol. The van der Waals surface area contributed by atoms with E-state index in [1.54, 1.807) is 37.4 Å². The van der Waals surface area contributed by atoms with Gasteiger partial charge in [-0.25, -0.2) is 4.79 Å². The van der Waals surface area contributed by atoms with Crippen LogP contribution in [0.2, 0.25) is 0 Å². The van der Waals surface area contributed by atoms with E-state index in [0.717, 1.165) is 12.0 Å². The quantitative estimate of drug-likeness (QED) is 0.920. The number of rotatable bonds is 4. The maximum absolute atomic E-state index is 12.6. The van der Waals surface area contributed by atoms with Gasteiger partial charge in [-0.2, -0.15) is 5.26 Å². The summed E-state index contributed by atoms with van der Waals surface area (Å²) in [5.74, 6) is 0.928. The molecule has 2 N–H and O–H groups in total. The van der Waals surface area contributed by atoms with Crippen LogP contribution in [0.5, 0.6) is 11.5 Å². The number of nitrogens with zero attached hydrogens (tertiary/aromatic N) is 1. The Labute approximate surface area is 145 Å². The number of methoxy groups -OCH3 is 1. The van der Waals surface area contributed by atoms with Crippen molar-refractivity contribution in [3.63, 3.8) is 0 Å². The number of ether oxygens (including phenoxy) is 2. The lowest BCUT2D eigenvalue weighted by Gasteiger charge is -2.25. The first-order valence-electron chi connectivity index (χ1n) is 7.97. The first-order valence-corrected chi connectivity index (χ1v) is 7.97. The second-order valence-corrected chi connectivity index (χ2v) is 5.73. The van der Waals surface area contributed by atoms with Crippen LogP contribution < -0.4 is 20.8 Å². The van der Waals surface area contributed by atoms with Crippen molar-refractivity contribution >= 4 is 0 Å². The standard InChI is InChI=1S/C19H18N2O4/c1-3-4-13-9-15-17(19(22)24-13)16(14(10-20)18(21)25-15)11-5-7-12(23-2)8-6-11/h5-9,16H,3-4,21H2,1-2H3. The van der Waals surface area contributed by atoms with Crippen LogP contribution in [-0.4, -0.2) is 7.11 Å². The maximum atomic E-state index is 12.6. The van der Waals surface area contributed by atoms with Gasteiger partial charge in [-0.3, -0.25) is 0 Å². The molecule has 1 atom stereocenters. The van der Waals surface area contributed by atoms with Gasteiger partial charge in [-0.1, -0.05) is 19.1 Å². The van der Waals surface area contributed by atoms with E-state index in [0.29, 0.717) is 23.7 Å². The van der Waals surface area contributed by atoms with Crippen LogP contribution in [0, 0.1) is 11.3 Å². The molecule has 0 fully saturated rings. The van der Waals surface area contributed by atoms with Crippen molar-refractivity contribution in [3.8, 4) is 17.6 Å². The predicted octanol–water partition coefficient (Wildman–Crippen LogP) is 2.82. The fourth-order valence-corrected chi connectivity index (χ4v) is 2.95. The van der Waals surface area contributed by atoms with E-state index in [4.69, 9.17) is 19.6 Å². The Balaban J connectivity index is 2.19. The number of nitriles is 1. The zero-order valence-corrected chi connectivity index (χ0v) is 14.0. The summed E-state index contributed by atoms with van der Waals surface area (Å²) in [6, 6.07) is 10.9. The highest BCUT2D eigenvalue weighted by Gasteiger charge is 2.34. The molecule has 2 heterocycles. The van der Waals surface area contributed by atoms with Gasteiger partial charge in [0.05, 0.1) is 18.6 Å². The van der Waals surface area contributed by atoms with Crippen molar-refractivity contribution in [1.29, 1.82) is 5.26 Å². The fraction of sp³-hybridized carbons (Fsp3) is 0.263. The molecule has 1 unspecified atom stereocenters. The SMILES string of the molecule is CCCc1cc2c(c(=O)o1)C(c1ccc(OC)cc1)C(C#N)=C(N)O2. The predicted molar refractivity (Wildman–Crippen MR) is 91.3 cm³/mol. The zero-order valence-electron chi connectivity index (χ0n) is 14.0. The number of nitrogens with two attached hydrogens (primary N) is 1. The van der Waals surface area contributed by atoms with Crippen molar-refractivity contribution < 1.29 is 13.9 Å². The summed E-state index contributed by atoms with van der Waals surface area (Å²) in [6.07, 6.45) is 1.45. The van der Waals surface area contributed by atoms with Gasteiger partial charge >= 0.3 is 5.63 Å². The zero-order chi connectivity index (χ0) is 18.0. The molecule has 25 heavy (non-hydrogen) atoms. The summed E-state index contributed by atoms with van der Waals surface area (Å²) in [5.41, 5.74) is 6.64. The largest absolute Gasteiger partial charge is 0.497 e. The molecule has 6 heteroatoms. The van der Waals surface area contributed by atoms with Gasteiger partial charge in [0, 0.05) is 12.5 Å². The van der Waals surface area contributed by atoms with Crippen LogP contribution in [-0.2, 0) is 6.42 Å². The summed E-state index contributed by atoms with van der Waals surface area (Å²) in [7, 11) is 1.57. The van der Waals surface area contributed by atoms with E-state index in [9.17, 15) is 10.1 Å². The van der Waals surface area contributed by atoms with E-state index in [1.807, 2.05) is 6.92 Å². The Hall–Kier alpha value is -3.20. The highest BCUT2D eigenvalue weighted by molar-refractivity contribution is 5.55. The van der Waals surface area contributed by atoms with Crippen LogP contribution in [0.1, 0.15) is 36.1 Å². The van der Waals surface area contributed by atoms with Crippen molar-refractivity contribution in [3.05, 3.63) is 69.1 Å². The van der Waals surface area contributed by atoms with Gasteiger partial charge in [-0.05, 0) is 24.1 Å². The molecular formula is C19H18N2O4. The van der Waals surface area contributed by atoms with Crippen molar-refractivity contribution in [2.45, 2.75) is 25.7 Å². The minimum atomic E-state index is -0.633. The minimum absolute atomic E-state index is 0.00358. The Morgan fingerprint density at radius 3 is 2.64 bits per heavy atom. The van der Waals surface area contributed by atoms with Gasteiger partial charge in [0.25, 0.3) is 0 Å². The molecule has 1 aromatic carbocycles. The monoisotopic (exact) mass is 338 g/mol. The summed E-state index contributed by atoms with van der Waals surface area (Å²) < 4.78 is 16.1. The third-order valence-electron chi connectivity index (χ3n) is 4.13. The minimum Gasteiger partial charge on any atom is -0.497 e. The Morgan fingerprint density at radius 2 is 2.04 bits per heavy atom. The Bertz CT molecular complexity index is 920. The third kappa shape index (κ3) is 2.96. The molecule has 128 valence electrons. The normalized spacial score (nSPS) is 16.0. The average molecular weight is 338 g/mol. The van der Waals surface area contributed by atoms with Crippen molar-refractivity contribution in [1.82, 2.24) is 0 Å². The number of hydrogen-bond donors (Lipinski definition) is 1. The number of benzene rings is 1. The number of allylic oxidation sites excluding steroid dienone is 1. The van der Waals surface area contributed by atoms with E-state index < -0.39 is 11.5 Å². The van der Waals surface area contributed by atoms with E-state index in [2.05, 4.69) is 6.07 Å². The second kappa shape index (κ2) is 6.73. The lowest BCUT2D eigenvalue weighted by molar-refractivity contribution is 0.367. The van der Waals surface area contributed by atoms with Crippen LogP contribution in [0.15, 0.2) is 51.0 Å². The van der Waals surface area contributed by atoms with Crippen LogP contribution in [0.25, 0.3) is 0 Å². The molecule has 1 aromatic heterocycles. The molecule has 0 saturated heterocycles. The molecule has 1 aliphatic heterocycles.